The molecule has 1 aliphatic rings. The maximum atomic E-state index is 12.7. The third-order valence-electron chi connectivity index (χ3n) is 5.06. The van der Waals surface area contributed by atoms with Crippen LogP contribution < -0.4 is 5.69 Å². The summed E-state index contributed by atoms with van der Waals surface area (Å²) in [5.74, 6) is -0.127. The first-order valence-electron chi connectivity index (χ1n) is 8.72. The van der Waals surface area contributed by atoms with Gasteiger partial charge in [0.05, 0.1) is 16.6 Å². The van der Waals surface area contributed by atoms with E-state index in [2.05, 4.69) is 4.98 Å². The van der Waals surface area contributed by atoms with Crippen LogP contribution in [-0.4, -0.2) is 39.7 Å². The molecule has 0 bridgehead atoms. The van der Waals surface area contributed by atoms with Gasteiger partial charge in [-0.3, -0.25) is 14.2 Å². The highest BCUT2D eigenvalue weighted by Gasteiger charge is 2.27. The fourth-order valence-electron chi connectivity index (χ4n) is 3.73. The van der Waals surface area contributed by atoms with E-state index in [-0.39, 0.29) is 17.6 Å². The van der Waals surface area contributed by atoms with Gasteiger partial charge in [-0.15, -0.1) is 0 Å². The van der Waals surface area contributed by atoms with Crippen molar-refractivity contribution < 1.29 is 9.59 Å². The van der Waals surface area contributed by atoms with Crippen molar-refractivity contribution in [1.82, 2.24) is 14.5 Å². The fraction of sp³-hybridized carbons (Fsp3) is 0.250. The molecule has 2 heterocycles. The van der Waals surface area contributed by atoms with Crippen LogP contribution in [0.1, 0.15) is 39.6 Å². The normalized spacial score (nSPS) is 15.3. The second-order valence-electron chi connectivity index (χ2n) is 6.55. The number of carbonyl (C=O) groups excluding carboxylic acids is 2. The fourth-order valence-corrected chi connectivity index (χ4v) is 3.73. The smallest absolute Gasteiger partial charge is 0.326 e. The van der Waals surface area contributed by atoms with Gasteiger partial charge < -0.3 is 9.88 Å². The number of aromatic amines is 1. The molecule has 1 N–H and O–H groups in total. The Balaban J connectivity index is 1.54. The SMILES string of the molecule is O=Cc1ccccc1C(=O)N1CCC(n2c(=O)[nH]c3ccccc32)CC1. The molecule has 3 aromatic rings. The summed E-state index contributed by atoms with van der Waals surface area (Å²) in [4.78, 5) is 40.9. The van der Waals surface area contributed by atoms with Gasteiger partial charge in [-0.1, -0.05) is 30.3 Å². The number of hydrogen-bond donors (Lipinski definition) is 1. The van der Waals surface area contributed by atoms with Crippen LogP contribution in [0, 0.1) is 0 Å². The zero-order valence-electron chi connectivity index (χ0n) is 14.2. The van der Waals surface area contributed by atoms with E-state index in [1.807, 2.05) is 24.3 Å². The summed E-state index contributed by atoms with van der Waals surface area (Å²) >= 11 is 0. The van der Waals surface area contributed by atoms with Crippen molar-refractivity contribution in [3.05, 3.63) is 70.1 Å². The lowest BCUT2D eigenvalue weighted by atomic mass is 10.0. The van der Waals surface area contributed by atoms with Gasteiger partial charge in [-0.25, -0.2) is 4.79 Å². The molecule has 1 aromatic heterocycles. The third kappa shape index (κ3) is 2.73. The summed E-state index contributed by atoms with van der Waals surface area (Å²) in [6.07, 6.45) is 2.12. The Morgan fingerprint density at radius 3 is 2.50 bits per heavy atom. The molecule has 26 heavy (non-hydrogen) atoms. The highest BCUT2D eigenvalue weighted by Crippen LogP contribution is 2.26. The quantitative estimate of drug-likeness (QED) is 0.739. The number of H-pyrrole nitrogens is 1. The Bertz CT molecular complexity index is 1030. The molecule has 6 nitrogen and oxygen atoms in total. The van der Waals surface area contributed by atoms with Gasteiger partial charge in [0.1, 0.15) is 0 Å². The highest BCUT2D eigenvalue weighted by molar-refractivity contribution is 6.01. The molecule has 1 saturated heterocycles. The number of amides is 1. The van der Waals surface area contributed by atoms with E-state index in [0.717, 1.165) is 11.0 Å². The number of benzene rings is 2. The van der Waals surface area contributed by atoms with E-state index in [9.17, 15) is 14.4 Å². The van der Waals surface area contributed by atoms with Crippen LogP contribution in [0.5, 0.6) is 0 Å². The molecule has 0 aliphatic carbocycles. The predicted octanol–water partition coefficient (Wildman–Crippen LogP) is 2.62. The number of imidazole rings is 1. The van der Waals surface area contributed by atoms with Crippen molar-refractivity contribution in [2.24, 2.45) is 0 Å². The van der Waals surface area contributed by atoms with Gasteiger partial charge in [0, 0.05) is 24.7 Å². The van der Waals surface area contributed by atoms with E-state index < -0.39 is 0 Å². The average molecular weight is 349 g/mol. The molecule has 132 valence electrons. The number of hydrogen-bond acceptors (Lipinski definition) is 3. The Hall–Kier alpha value is -3.15. The van der Waals surface area contributed by atoms with Crippen LogP contribution in [-0.2, 0) is 0 Å². The molecule has 0 radical (unpaired) electrons. The molecule has 0 saturated carbocycles. The molecule has 1 amide bonds. The first-order valence-corrected chi connectivity index (χ1v) is 8.72. The van der Waals surface area contributed by atoms with Crippen LogP contribution >= 0.6 is 0 Å². The minimum absolute atomic E-state index is 0.0593. The van der Waals surface area contributed by atoms with Crippen molar-refractivity contribution in [2.75, 3.05) is 13.1 Å². The van der Waals surface area contributed by atoms with Crippen molar-refractivity contribution in [1.29, 1.82) is 0 Å². The minimum atomic E-state index is -0.127. The van der Waals surface area contributed by atoms with E-state index in [0.29, 0.717) is 43.3 Å². The second-order valence-corrected chi connectivity index (χ2v) is 6.55. The van der Waals surface area contributed by atoms with Crippen LogP contribution in [0.25, 0.3) is 11.0 Å². The largest absolute Gasteiger partial charge is 0.338 e. The lowest BCUT2D eigenvalue weighted by Gasteiger charge is -2.32. The summed E-state index contributed by atoms with van der Waals surface area (Å²) < 4.78 is 1.80. The Kier molecular flexibility index (Phi) is 4.16. The van der Waals surface area contributed by atoms with Gasteiger partial charge in [-0.2, -0.15) is 0 Å². The Morgan fingerprint density at radius 1 is 1.04 bits per heavy atom. The molecule has 1 fully saturated rings. The molecular weight excluding hydrogens is 330 g/mol. The number of piperidine rings is 1. The summed E-state index contributed by atoms with van der Waals surface area (Å²) in [7, 11) is 0. The topological polar surface area (TPSA) is 75.2 Å². The minimum Gasteiger partial charge on any atom is -0.338 e. The number of rotatable bonds is 3. The number of likely N-dealkylation sites (tertiary alicyclic amines) is 1. The van der Waals surface area contributed by atoms with E-state index in [1.54, 1.807) is 33.7 Å². The molecule has 6 heteroatoms. The predicted molar refractivity (Wildman–Crippen MR) is 98.6 cm³/mol. The third-order valence-corrected chi connectivity index (χ3v) is 5.06. The molecule has 2 aromatic carbocycles. The summed E-state index contributed by atoms with van der Waals surface area (Å²) in [5, 5.41) is 0. The first-order chi connectivity index (χ1) is 12.7. The van der Waals surface area contributed by atoms with Gasteiger partial charge in [0.2, 0.25) is 0 Å². The van der Waals surface area contributed by atoms with Gasteiger partial charge in [0.15, 0.2) is 6.29 Å². The number of fused-ring (bicyclic) bond motifs is 1. The monoisotopic (exact) mass is 349 g/mol. The first kappa shape index (κ1) is 16.3. The highest BCUT2D eigenvalue weighted by atomic mass is 16.2. The Morgan fingerprint density at radius 2 is 1.73 bits per heavy atom. The number of carbonyl (C=O) groups is 2. The van der Waals surface area contributed by atoms with Crippen LogP contribution in [0.15, 0.2) is 53.3 Å². The lowest BCUT2D eigenvalue weighted by Crippen LogP contribution is -2.40. The molecule has 0 unspecified atom stereocenters. The molecule has 0 atom stereocenters. The summed E-state index contributed by atoms with van der Waals surface area (Å²) in [6.45, 7) is 1.12. The van der Waals surface area contributed by atoms with Crippen LogP contribution in [0.3, 0.4) is 0 Å². The van der Waals surface area contributed by atoms with E-state index in [1.165, 1.54) is 0 Å². The van der Waals surface area contributed by atoms with Crippen molar-refractivity contribution in [3.8, 4) is 0 Å². The summed E-state index contributed by atoms with van der Waals surface area (Å²) in [6, 6.07) is 14.5. The number of aromatic nitrogens is 2. The van der Waals surface area contributed by atoms with Crippen LogP contribution in [0.4, 0.5) is 0 Å². The average Bonchev–Trinajstić information content (AvgIpc) is 3.03. The number of aldehydes is 1. The standard InChI is InChI=1S/C20H19N3O3/c24-13-14-5-1-2-6-16(14)19(25)22-11-9-15(10-12-22)23-18-8-4-3-7-17(18)21-20(23)26/h1-8,13,15H,9-12H2,(H,21,26). The second kappa shape index (κ2) is 6.63. The van der Waals surface area contributed by atoms with Gasteiger partial charge in [0.25, 0.3) is 5.91 Å². The zero-order chi connectivity index (χ0) is 18.1. The number of nitrogens with one attached hydrogen (secondary N) is 1. The maximum absolute atomic E-state index is 12.7. The molecule has 1 aliphatic heterocycles. The Labute approximate surface area is 150 Å². The molecule has 0 spiro atoms. The maximum Gasteiger partial charge on any atom is 0.326 e. The van der Waals surface area contributed by atoms with Crippen molar-refractivity contribution in [2.45, 2.75) is 18.9 Å². The molecule has 4 rings (SSSR count). The zero-order valence-corrected chi connectivity index (χ0v) is 14.2. The van der Waals surface area contributed by atoms with Crippen LogP contribution in [0.2, 0.25) is 0 Å². The summed E-state index contributed by atoms with van der Waals surface area (Å²) in [5.41, 5.74) is 2.46. The van der Waals surface area contributed by atoms with E-state index >= 15 is 0 Å². The number of nitrogens with zero attached hydrogens (tertiary/aromatic N) is 2. The van der Waals surface area contributed by atoms with E-state index in [4.69, 9.17) is 0 Å². The van der Waals surface area contributed by atoms with Crippen molar-refractivity contribution >= 4 is 23.2 Å². The van der Waals surface area contributed by atoms with Crippen molar-refractivity contribution in [3.63, 3.8) is 0 Å². The number of para-hydroxylation sites is 2. The lowest BCUT2D eigenvalue weighted by molar-refractivity contribution is 0.0692. The van der Waals surface area contributed by atoms with Gasteiger partial charge in [-0.05, 0) is 31.0 Å². The molecular formula is C20H19N3O3. The van der Waals surface area contributed by atoms with Gasteiger partial charge >= 0.3 is 5.69 Å².